The Balaban J connectivity index is 1.25. The summed E-state index contributed by atoms with van der Waals surface area (Å²) < 4.78 is 0. The number of fused-ring (bicyclic) bond motifs is 3. The Morgan fingerprint density at radius 1 is 0.294 bits per heavy atom. The lowest BCUT2D eigenvalue weighted by molar-refractivity contribution is 0.660. The Labute approximate surface area is 299 Å². The fraction of sp³-hybridized carbons (Fsp3) is 0.0625. The molecular formula is C48H35N3. The van der Waals surface area contributed by atoms with Crippen molar-refractivity contribution in [1.82, 2.24) is 15.0 Å². The van der Waals surface area contributed by atoms with Crippen LogP contribution in [0, 0.1) is 0 Å². The van der Waals surface area contributed by atoms with E-state index in [1.807, 2.05) is 6.07 Å². The highest BCUT2D eigenvalue weighted by Gasteiger charge is 2.35. The van der Waals surface area contributed by atoms with E-state index in [0.29, 0.717) is 17.5 Å². The van der Waals surface area contributed by atoms with Crippen LogP contribution in [-0.2, 0) is 5.41 Å². The van der Waals surface area contributed by atoms with Crippen LogP contribution >= 0.6 is 0 Å². The van der Waals surface area contributed by atoms with Gasteiger partial charge < -0.3 is 0 Å². The molecule has 3 heteroatoms. The first-order chi connectivity index (χ1) is 25.0. The second kappa shape index (κ2) is 12.5. The van der Waals surface area contributed by atoms with Crippen molar-refractivity contribution in [2.24, 2.45) is 0 Å². The van der Waals surface area contributed by atoms with Crippen LogP contribution in [0.4, 0.5) is 0 Å². The number of aromatic nitrogens is 3. The van der Waals surface area contributed by atoms with Gasteiger partial charge in [-0.25, -0.2) is 15.0 Å². The van der Waals surface area contributed by atoms with Gasteiger partial charge in [-0.1, -0.05) is 159 Å². The molecule has 0 N–H and O–H groups in total. The summed E-state index contributed by atoms with van der Waals surface area (Å²) in [5.74, 6) is 1.93. The summed E-state index contributed by atoms with van der Waals surface area (Å²) in [5.41, 5.74) is 14.7. The molecule has 0 atom stereocenters. The average Bonchev–Trinajstić information content (AvgIpc) is 3.44. The molecule has 9 rings (SSSR count). The maximum Gasteiger partial charge on any atom is 0.164 e. The standard InChI is InChI=1S/C48H35N3/c1-48(2)43-24-13-12-23-41(43)42-26-25-37(31-44(42)48)46-49-45(36-22-14-21-35(27-36)32-15-6-3-7-16-32)50-47(51-46)40-29-38(33-17-8-4-9-18-33)28-39(30-40)34-19-10-5-11-20-34/h3-31H,1-2H3. The molecule has 1 aliphatic carbocycles. The second-order valence-electron chi connectivity index (χ2n) is 13.7. The van der Waals surface area contributed by atoms with E-state index in [4.69, 9.17) is 15.0 Å². The Bertz CT molecular complexity index is 2480. The molecule has 1 aromatic heterocycles. The Hall–Kier alpha value is -6.45. The normalized spacial score (nSPS) is 12.7. The van der Waals surface area contributed by atoms with Gasteiger partial charge >= 0.3 is 0 Å². The zero-order chi connectivity index (χ0) is 34.4. The third-order valence-electron chi connectivity index (χ3n) is 10.1. The Morgan fingerprint density at radius 3 is 1.31 bits per heavy atom. The zero-order valence-corrected chi connectivity index (χ0v) is 28.6. The fourth-order valence-electron chi connectivity index (χ4n) is 7.43. The summed E-state index contributed by atoms with van der Waals surface area (Å²) in [6.45, 7) is 4.61. The lowest BCUT2D eigenvalue weighted by atomic mass is 9.82. The molecule has 0 saturated carbocycles. The average molecular weight is 654 g/mol. The lowest BCUT2D eigenvalue weighted by Gasteiger charge is -2.21. The Morgan fingerprint density at radius 2 is 0.706 bits per heavy atom. The van der Waals surface area contributed by atoms with E-state index in [1.165, 1.54) is 22.3 Å². The van der Waals surface area contributed by atoms with Gasteiger partial charge in [-0.15, -0.1) is 0 Å². The van der Waals surface area contributed by atoms with Gasteiger partial charge in [0, 0.05) is 22.1 Å². The van der Waals surface area contributed by atoms with E-state index in [2.05, 4.69) is 184 Å². The second-order valence-corrected chi connectivity index (χ2v) is 13.7. The molecule has 51 heavy (non-hydrogen) atoms. The van der Waals surface area contributed by atoms with Crippen molar-refractivity contribution in [3.05, 3.63) is 187 Å². The number of benzene rings is 7. The van der Waals surface area contributed by atoms with Gasteiger partial charge in [0.2, 0.25) is 0 Å². The van der Waals surface area contributed by atoms with Crippen LogP contribution < -0.4 is 0 Å². The van der Waals surface area contributed by atoms with Gasteiger partial charge in [0.25, 0.3) is 0 Å². The molecular weight excluding hydrogens is 619 g/mol. The van der Waals surface area contributed by atoms with Crippen molar-refractivity contribution < 1.29 is 0 Å². The van der Waals surface area contributed by atoms with E-state index in [1.54, 1.807) is 0 Å². The first-order valence-corrected chi connectivity index (χ1v) is 17.4. The van der Waals surface area contributed by atoms with Crippen molar-refractivity contribution in [1.29, 1.82) is 0 Å². The third kappa shape index (κ3) is 5.63. The molecule has 0 unspecified atom stereocenters. The molecule has 242 valence electrons. The van der Waals surface area contributed by atoms with Crippen molar-refractivity contribution in [3.8, 4) is 78.7 Å². The number of hydrogen-bond acceptors (Lipinski definition) is 3. The number of hydrogen-bond donors (Lipinski definition) is 0. The van der Waals surface area contributed by atoms with E-state index in [9.17, 15) is 0 Å². The van der Waals surface area contributed by atoms with Crippen LogP contribution in [0.1, 0.15) is 25.0 Å². The minimum Gasteiger partial charge on any atom is -0.208 e. The fourth-order valence-corrected chi connectivity index (χ4v) is 7.43. The van der Waals surface area contributed by atoms with Crippen LogP contribution in [0.5, 0.6) is 0 Å². The summed E-state index contributed by atoms with van der Waals surface area (Å²) in [4.78, 5) is 15.7. The highest BCUT2D eigenvalue weighted by Crippen LogP contribution is 2.49. The smallest absolute Gasteiger partial charge is 0.164 e. The molecule has 8 aromatic rings. The number of rotatable bonds is 6. The van der Waals surface area contributed by atoms with Crippen LogP contribution in [-0.4, -0.2) is 15.0 Å². The molecule has 0 radical (unpaired) electrons. The molecule has 1 heterocycles. The quantitative estimate of drug-likeness (QED) is 0.179. The Kier molecular flexibility index (Phi) is 7.48. The van der Waals surface area contributed by atoms with E-state index in [0.717, 1.165) is 50.1 Å². The van der Waals surface area contributed by atoms with E-state index in [-0.39, 0.29) is 5.41 Å². The summed E-state index contributed by atoms with van der Waals surface area (Å²) in [6, 6.07) is 62.0. The molecule has 1 aliphatic rings. The predicted octanol–water partition coefficient (Wildman–Crippen LogP) is 12.2. The van der Waals surface area contributed by atoms with Gasteiger partial charge in [-0.3, -0.25) is 0 Å². The summed E-state index contributed by atoms with van der Waals surface area (Å²) >= 11 is 0. The van der Waals surface area contributed by atoms with Crippen LogP contribution in [0.15, 0.2) is 176 Å². The van der Waals surface area contributed by atoms with Crippen molar-refractivity contribution in [2.75, 3.05) is 0 Å². The van der Waals surface area contributed by atoms with Crippen molar-refractivity contribution in [3.63, 3.8) is 0 Å². The minimum atomic E-state index is -0.140. The molecule has 0 amide bonds. The molecule has 0 fully saturated rings. The SMILES string of the molecule is CC1(C)c2ccccc2-c2ccc(-c3nc(-c4cccc(-c5ccccc5)c4)nc(-c4cc(-c5ccccc5)cc(-c5ccccc5)c4)n3)cc21. The molecule has 0 saturated heterocycles. The molecule has 7 aromatic carbocycles. The van der Waals surface area contributed by atoms with Gasteiger partial charge in [-0.2, -0.15) is 0 Å². The summed E-state index contributed by atoms with van der Waals surface area (Å²) in [5, 5.41) is 0. The van der Waals surface area contributed by atoms with Gasteiger partial charge in [0.15, 0.2) is 17.5 Å². The van der Waals surface area contributed by atoms with E-state index >= 15 is 0 Å². The molecule has 0 bridgehead atoms. The summed E-state index contributed by atoms with van der Waals surface area (Å²) in [6.07, 6.45) is 0. The van der Waals surface area contributed by atoms with Crippen LogP contribution in [0.3, 0.4) is 0 Å². The van der Waals surface area contributed by atoms with Crippen molar-refractivity contribution in [2.45, 2.75) is 19.3 Å². The molecule has 0 spiro atoms. The topological polar surface area (TPSA) is 38.7 Å². The highest BCUT2D eigenvalue weighted by molar-refractivity contribution is 5.84. The van der Waals surface area contributed by atoms with Crippen LogP contribution in [0.25, 0.3) is 78.7 Å². The zero-order valence-electron chi connectivity index (χ0n) is 28.6. The maximum atomic E-state index is 5.25. The third-order valence-corrected chi connectivity index (χ3v) is 10.1. The van der Waals surface area contributed by atoms with Gasteiger partial charge in [-0.05, 0) is 86.0 Å². The monoisotopic (exact) mass is 653 g/mol. The lowest BCUT2D eigenvalue weighted by Crippen LogP contribution is -2.15. The van der Waals surface area contributed by atoms with Crippen molar-refractivity contribution >= 4 is 0 Å². The maximum absolute atomic E-state index is 5.25. The first-order valence-electron chi connectivity index (χ1n) is 17.4. The predicted molar refractivity (Wildman–Crippen MR) is 210 cm³/mol. The highest BCUT2D eigenvalue weighted by atomic mass is 15.0. The number of nitrogens with zero attached hydrogens (tertiary/aromatic N) is 3. The van der Waals surface area contributed by atoms with E-state index < -0.39 is 0 Å². The van der Waals surface area contributed by atoms with Gasteiger partial charge in [0.1, 0.15) is 0 Å². The minimum absolute atomic E-state index is 0.140. The van der Waals surface area contributed by atoms with Crippen LogP contribution in [0.2, 0.25) is 0 Å². The largest absolute Gasteiger partial charge is 0.208 e. The summed E-state index contributed by atoms with van der Waals surface area (Å²) in [7, 11) is 0. The molecule has 3 nitrogen and oxygen atoms in total. The molecule has 0 aliphatic heterocycles. The van der Waals surface area contributed by atoms with Gasteiger partial charge in [0.05, 0.1) is 0 Å². The first kappa shape index (κ1) is 30.6.